The van der Waals surface area contributed by atoms with Crippen molar-refractivity contribution < 1.29 is 18.0 Å². The van der Waals surface area contributed by atoms with Crippen LogP contribution in [0, 0.1) is 0 Å². The van der Waals surface area contributed by atoms with E-state index >= 15 is 0 Å². The lowest BCUT2D eigenvalue weighted by Gasteiger charge is -2.07. The second kappa shape index (κ2) is 4.06. The van der Waals surface area contributed by atoms with Gasteiger partial charge >= 0.3 is 6.18 Å². The van der Waals surface area contributed by atoms with Gasteiger partial charge in [0.2, 0.25) is 0 Å². The van der Waals surface area contributed by atoms with Crippen molar-refractivity contribution in [3.8, 4) is 0 Å². The summed E-state index contributed by atoms with van der Waals surface area (Å²) >= 11 is 1.09. The molecule has 0 atom stereocenters. The number of para-hydroxylation sites is 1. The van der Waals surface area contributed by atoms with Gasteiger partial charge in [-0.3, -0.25) is 4.79 Å². The van der Waals surface area contributed by atoms with Crippen molar-refractivity contribution in [3.63, 3.8) is 0 Å². The summed E-state index contributed by atoms with van der Waals surface area (Å²) in [5.41, 5.74) is 0.615. The molecule has 0 aliphatic rings. The molecule has 0 aliphatic heterocycles. The van der Waals surface area contributed by atoms with Gasteiger partial charge in [0.15, 0.2) is 0 Å². The first kappa shape index (κ1) is 12.2. The van der Waals surface area contributed by atoms with Crippen molar-refractivity contribution in [3.05, 3.63) is 30.5 Å². The number of halogens is 3. The Morgan fingerprint density at radius 2 is 2.00 bits per heavy atom. The molecular formula is C12H7F3N2OS. The smallest absolute Gasteiger partial charge is 0.323 e. The molecule has 0 radical (unpaired) electrons. The number of Topliss-reactive ketones (excluding diaryl/α,β-unsaturated/α-hetero) is 1. The van der Waals surface area contributed by atoms with Gasteiger partial charge in [-0.15, -0.1) is 0 Å². The highest BCUT2D eigenvalue weighted by Crippen LogP contribution is 2.31. The van der Waals surface area contributed by atoms with Gasteiger partial charge in [-0.05, 0) is 17.6 Å². The molecule has 0 N–H and O–H groups in total. The third kappa shape index (κ3) is 1.90. The summed E-state index contributed by atoms with van der Waals surface area (Å²) in [7, 11) is 0. The number of carbonyl (C=O) groups is 1. The van der Waals surface area contributed by atoms with Crippen LogP contribution in [0.3, 0.4) is 0 Å². The molecule has 2 heterocycles. The number of alkyl halides is 3. The Morgan fingerprint density at radius 1 is 1.26 bits per heavy atom. The van der Waals surface area contributed by atoms with E-state index in [1.165, 1.54) is 4.57 Å². The van der Waals surface area contributed by atoms with Crippen LogP contribution in [-0.2, 0) is 11.3 Å². The maximum Gasteiger partial charge on any atom is 0.451 e. The van der Waals surface area contributed by atoms with Gasteiger partial charge in [0.25, 0.3) is 5.78 Å². The number of nitrogens with zero attached hydrogens (tertiary/aromatic N) is 2. The van der Waals surface area contributed by atoms with E-state index in [4.69, 9.17) is 0 Å². The lowest BCUT2D eigenvalue weighted by molar-refractivity contribution is -0.171. The summed E-state index contributed by atoms with van der Waals surface area (Å²) < 4.78 is 42.5. The summed E-state index contributed by atoms with van der Waals surface area (Å²) in [4.78, 5) is 11.8. The van der Waals surface area contributed by atoms with Crippen LogP contribution < -0.4 is 0 Å². The molecule has 0 saturated heterocycles. The lowest BCUT2D eigenvalue weighted by atomic mass is 10.2. The minimum absolute atomic E-state index is 0.582. The van der Waals surface area contributed by atoms with Gasteiger partial charge in [-0.1, -0.05) is 18.2 Å². The van der Waals surface area contributed by atoms with Gasteiger partial charge < -0.3 is 4.57 Å². The van der Waals surface area contributed by atoms with Crippen LogP contribution in [0.2, 0.25) is 0 Å². The van der Waals surface area contributed by atoms with Crippen LogP contribution in [-0.4, -0.2) is 20.9 Å². The maximum atomic E-state index is 12.4. The summed E-state index contributed by atoms with van der Waals surface area (Å²) in [5.74, 6) is -1.76. The predicted octanol–water partition coefficient (Wildman–Crippen LogP) is 3.38. The van der Waals surface area contributed by atoms with Crippen LogP contribution in [0.1, 0.15) is 0 Å². The quantitative estimate of drug-likeness (QED) is 0.723. The summed E-state index contributed by atoms with van der Waals surface area (Å²) in [6, 6.07) is 7.04. The summed E-state index contributed by atoms with van der Waals surface area (Å²) in [6.45, 7) is -0.713. The Morgan fingerprint density at radius 3 is 2.74 bits per heavy atom. The molecule has 0 fully saturated rings. The standard InChI is InChI=1S/C12H7F3N2OS/c13-12(14,15)10(18)6-17-9-4-2-1-3-7(9)8-5-16-19-11(8)17/h1-5H,6H2. The summed E-state index contributed by atoms with van der Waals surface area (Å²) in [6.07, 6.45) is -3.21. The van der Waals surface area contributed by atoms with E-state index < -0.39 is 18.5 Å². The monoisotopic (exact) mass is 284 g/mol. The highest BCUT2D eigenvalue weighted by Gasteiger charge is 2.38. The van der Waals surface area contributed by atoms with E-state index in [0.717, 1.165) is 22.3 Å². The number of hydrogen-bond donors (Lipinski definition) is 0. The number of benzene rings is 1. The number of ketones is 1. The molecule has 7 heteroatoms. The van der Waals surface area contributed by atoms with Gasteiger partial charge in [-0.25, -0.2) is 0 Å². The predicted molar refractivity (Wildman–Crippen MR) is 66.2 cm³/mol. The number of aromatic nitrogens is 2. The van der Waals surface area contributed by atoms with Crippen molar-refractivity contribution in [2.45, 2.75) is 12.7 Å². The molecule has 1 aromatic carbocycles. The average molecular weight is 284 g/mol. The van der Waals surface area contributed by atoms with Gasteiger partial charge in [0.05, 0.1) is 18.3 Å². The van der Waals surface area contributed by atoms with Crippen LogP contribution in [0.25, 0.3) is 21.1 Å². The second-order valence-electron chi connectivity index (χ2n) is 4.07. The Bertz CT molecular complexity index is 772. The lowest BCUT2D eigenvalue weighted by Crippen LogP contribution is -2.27. The topological polar surface area (TPSA) is 34.9 Å². The van der Waals surface area contributed by atoms with Crippen molar-refractivity contribution >= 4 is 38.4 Å². The third-order valence-electron chi connectivity index (χ3n) is 2.90. The minimum Gasteiger partial charge on any atom is -0.323 e. The Balaban J connectivity index is 2.20. The van der Waals surface area contributed by atoms with E-state index in [1.54, 1.807) is 30.5 Å². The molecule has 0 bridgehead atoms. The van der Waals surface area contributed by atoms with Crippen LogP contribution >= 0.6 is 11.5 Å². The van der Waals surface area contributed by atoms with Crippen LogP contribution in [0.4, 0.5) is 13.2 Å². The molecular weight excluding hydrogens is 277 g/mol. The molecule has 0 aliphatic carbocycles. The molecule has 3 rings (SSSR count). The van der Waals surface area contributed by atoms with Crippen molar-refractivity contribution in [2.75, 3.05) is 0 Å². The first-order chi connectivity index (χ1) is 8.98. The molecule has 0 spiro atoms. The molecule has 0 unspecified atom stereocenters. The Labute approximate surface area is 109 Å². The van der Waals surface area contributed by atoms with Crippen LogP contribution in [0.15, 0.2) is 30.5 Å². The highest BCUT2D eigenvalue weighted by atomic mass is 32.1. The van der Waals surface area contributed by atoms with Gasteiger partial charge in [0, 0.05) is 10.8 Å². The number of fused-ring (bicyclic) bond motifs is 3. The van der Waals surface area contributed by atoms with E-state index in [-0.39, 0.29) is 0 Å². The normalized spacial score (nSPS) is 12.4. The first-order valence-corrected chi connectivity index (χ1v) is 6.17. The fraction of sp³-hybridized carbons (Fsp3) is 0.167. The van der Waals surface area contributed by atoms with E-state index in [9.17, 15) is 18.0 Å². The van der Waals surface area contributed by atoms with Crippen molar-refractivity contribution in [1.82, 2.24) is 8.94 Å². The molecule has 2 aromatic heterocycles. The largest absolute Gasteiger partial charge is 0.451 e. The summed E-state index contributed by atoms with van der Waals surface area (Å²) in [5, 5.41) is 1.58. The van der Waals surface area contributed by atoms with Gasteiger partial charge in [0.1, 0.15) is 4.83 Å². The fourth-order valence-corrected chi connectivity index (χ4v) is 2.83. The zero-order chi connectivity index (χ0) is 13.6. The van der Waals surface area contributed by atoms with Gasteiger partial charge in [-0.2, -0.15) is 17.5 Å². The molecule has 3 aromatic rings. The fourth-order valence-electron chi connectivity index (χ4n) is 2.05. The molecule has 0 saturated carbocycles. The van der Waals surface area contributed by atoms with E-state index in [1.807, 2.05) is 0 Å². The second-order valence-corrected chi connectivity index (χ2v) is 4.85. The zero-order valence-corrected chi connectivity index (χ0v) is 10.3. The average Bonchev–Trinajstić information content (AvgIpc) is 2.91. The molecule has 3 nitrogen and oxygen atoms in total. The Hall–Kier alpha value is -1.89. The number of rotatable bonds is 2. The SMILES string of the molecule is O=C(Cn1c2ccccc2c2cnsc21)C(F)(F)F. The number of carbonyl (C=O) groups excluding carboxylic acids is 1. The van der Waals surface area contributed by atoms with Crippen molar-refractivity contribution in [1.29, 1.82) is 0 Å². The maximum absolute atomic E-state index is 12.4. The highest BCUT2D eigenvalue weighted by molar-refractivity contribution is 7.13. The molecule has 98 valence electrons. The Kier molecular flexibility index (Phi) is 2.60. The number of hydrogen-bond acceptors (Lipinski definition) is 3. The zero-order valence-electron chi connectivity index (χ0n) is 9.44. The molecule has 0 amide bonds. The first-order valence-electron chi connectivity index (χ1n) is 5.40. The van der Waals surface area contributed by atoms with E-state index in [0.29, 0.717) is 10.3 Å². The van der Waals surface area contributed by atoms with Crippen molar-refractivity contribution in [2.24, 2.45) is 0 Å². The van der Waals surface area contributed by atoms with Crippen LogP contribution in [0.5, 0.6) is 0 Å². The molecule has 19 heavy (non-hydrogen) atoms. The minimum atomic E-state index is -4.82. The third-order valence-corrected chi connectivity index (χ3v) is 3.72. The van der Waals surface area contributed by atoms with E-state index in [2.05, 4.69) is 4.37 Å².